The topological polar surface area (TPSA) is 78.5 Å². The SMILES string of the molecule is O=C(NNc1ccccc1C(F)(F)F)c1cccc(S(=O)(=O)N2CCCCC2)c1. The average molecular weight is 427 g/mol. The average Bonchev–Trinajstić information content (AvgIpc) is 2.72. The van der Waals surface area contributed by atoms with E-state index in [2.05, 4.69) is 10.9 Å². The summed E-state index contributed by atoms with van der Waals surface area (Å²) < 4.78 is 66.0. The lowest BCUT2D eigenvalue weighted by molar-refractivity contribution is -0.137. The number of hydrazine groups is 1. The first kappa shape index (κ1) is 21.1. The molecule has 6 nitrogen and oxygen atoms in total. The lowest BCUT2D eigenvalue weighted by atomic mass is 10.2. The molecular formula is C19H20F3N3O3S. The summed E-state index contributed by atoms with van der Waals surface area (Å²) in [4.78, 5) is 12.3. The van der Waals surface area contributed by atoms with E-state index in [-0.39, 0.29) is 16.1 Å². The van der Waals surface area contributed by atoms with Gasteiger partial charge >= 0.3 is 6.18 Å². The summed E-state index contributed by atoms with van der Waals surface area (Å²) in [5, 5.41) is 0. The Kier molecular flexibility index (Phi) is 6.13. The van der Waals surface area contributed by atoms with Crippen LogP contribution in [0, 0.1) is 0 Å². The summed E-state index contributed by atoms with van der Waals surface area (Å²) >= 11 is 0. The number of alkyl halides is 3. The quantitative estimate of drug-likeness (QED) is 0.715. The maximum absolute atomic E-state index is 13.0. The second kappa shape index (κ2) is 8.42. The highest BCUT2D eigenvalue weighted by Crippen LogP contribution is 2.34. The van der Waals surface area contributed by atoms with Crippen molar-refractivity contribution in [2.24, 2.45) is 0 Å². The van der Waals surface area contributed by atoms with Crippen LogP contribution in [0.15, 0.2) is 53.4 Å². The lowest BCUT2D eigenvalue weighted by Crippen LogP contribution is -2.36. The third-order valence-electron chi connectivity index (χ3n) is 4.59. The number of rotatable bonds is 5. The summed E-state index contributed by atoms with van der Waals surface area (Å²) in [5.74, 6) is -0.752. The zero-order valence-electron chi connectivity index (χ0n) is 15.4. The molecule has 1 saturated heterocycles. The van der Waals surface area contributed by atoms with Crippen molar-refractivity contribution in [1.82, 2.24) is 9.73 Å². The van der Waals surface area contributed by atoms with Crippen LogP contribution in [0.4, 0.5) is 18.9 Å². The highest BCUT2D eigenvalue weighted by molar-refractivity contribution is 7.89. The summed E-state index contributed by atoms with van der Waals surface area (Å²) in [6, 6.07) is 10.1. The molecule has 2 N–H and O–H groups in total. The highest BCUT2D eigenvalue weighted by Gasteiger charge is 2.33. The third kappa shape index (κ3) is 4.88. The molecule has 0 bridgehead atoms. The van der Waals surface area contributed by atoms with Crippen LogP contribution in [0.2, 0.25) is 0 Å². The molecule has 0 unspecified atom stereocenters. The van der Waals surface area contributed by atoms with Crippen molar-refractivity contribution in [2.45, 2.75) is 30.3 Å². The molecule has 2 aromatic carbocycles. The normalized spacial score (nSPS) is 15.7. The van der Waals surface area contributed by atoms with E-state index >= 15 is 0 Å². The van der Waals surface area contributed by atoms with Crippen molar-refractivity contribution in [1.29, 1.82) is 0 Å². The first-order valence-electron chi connectivity index (χ1n) is 9.02. The molecule has 0 aromatic heterocycles. The van der Waals surface area contributed by atoms with E-state index in [1.54, 1.807) is 0 Å². The van der Waals surface area contributed by atoms with Gasteiger partial charge in [0.1, 0.15) is 0 Å². The molecule has 1 aliphatic rings. The van der Waals surface area contributed by atoms with Crippen LogP contribution in [0.3, 0.4) is 0 Å². The van der Waals surface area contributed by atoms with Gasteiger partial charge in [0.15, 0.2) is 0 Å². The van der Waals surface area contributed by atoms with Gasteiger partial charge < -0.3 is 0 Å². The minimum absolute atomic E-state index is 0.0140. The molecule has 1 aliphatic heterocycles. The molecule has 1 amide bonds. The van der Waals surface area contributed by atoms with Crippen LogP contribution in [0.25, 0.3) is 0 Å². The zero-order chi connectivity index (χ0) is 21.1. The van der Waals surface area contributed by atoms with E-state index < -0.39 is 27.7 Å². The molecule has 0 aliphatic carbocycles. The zero-order valence-corrected chi connectivity index (χ0v) is 16.2. The van der Waals surface area contributed by atoms with Crippen molar-refractivity contribution in [3.05, 3.63) is 59.7 Å². The van der Waals surface area contributed by atoms with Gasteiger partial charge in [-0.1, -0.05) is 24.6 Å². The Hall–Kier alpha value is -2.59. The molecular weight excluding hydrogens is 407 g/mol. The van der Waals surface area contributed by atoms with Crippen LogP contribution in [0.5, 0.6) is 0 Å². The molecule has 0 radical (unpaired) electrons. The van der Waals surface area contributed by atoms with Gasteiger partial charge in [-0.15, -0.1) is 0 Å². The van der Waals surface area contributed by atoms with E-state index in [0.29, 0.717) is 13.1 Å². The van der Waals surface area contributed by atoms with Gasteiger partial charge in [0.2, 0.25) is 10.0 Å². The molecule has 10 heteroatoms. The number of benzene rings is 2. The standard InChI is InChI=1S/C19H20F3N3O3S/c20-19(21,22)16-9-2-3-10-17(16)23-24-18(26)14-7-6-8-15(13-14)29(27,28)25-11-4-1-5-12-25/h2-3,6-10,13,23H,1,4-5,11-12H2,(H,24,26). The number of hydrogen-bond acceptors (Lipinski definition) is 4. The fourth-order valence-corrected chi connectivity index (χ4v) is 4.65. The molecule has 1 heterocycles. The molecule has 156 valence electrons. The van der Waals surface area contributed by atoms with E-state index in [9.17, 15) is 26.4 Å². The number of carbonyl (C=O) groups excluding carboxylic acids is 1. The van der Waals surface area contributed by atoms with Crippen molar-refractivity contribution in [3.8, 4) is 0 Å². The Morgan fingerprint density at radius 2 is 1.66 bits per heavy atom. The van der Waals surface area contributed by atoms with E-state index in [1.807, 2.05) is 0 Å². The lowest BCUT2D eigenvalue weighted by Gasteiger charge is -2.26. The molecule has 3 rings (SSSR count). The molecule has 1 fully saturated rings. The highest BCUT2D eigenvalue weighted by atomic mass is 32.2. The summed E-state index contributed by atoms with van der Waals surface area (Å²) in [6.07, 6.45) is -2.06. The fourth-order valence-electron chi connectivity index (χ4n) is 3.09. The van der Waals surface area contributed by atoms with Gasteiger partial charge in [-0.05, 0) is 43.2 Å². The number of anilines is 1. The number of hydrogen-bond donors (Lipinski definition) is 2. The fraction of sp³-hybridized carbons (Fsp3) is 0.316. The second-order valence-electron chi connectivity index (χ2n) is 6.62. The largest absolute Gasteiger partial charge is 0.418 e. The Morgan fingerprint density at radius 1 is 0.966 bits per heavy atom. The monoisotopic (exact) mass is 427 g/mol. The van der Waals surface area contributed by atoms with Crippen LogP contribution in [-0.2, 0) is 16.2 Å². The number of carbonyl (C=O) groups is 1. The summed E-state index contributed by atoms with van der Waals surface area (Å²) in [7, 11) is -3.73. The van der Waals surface area contributed by atoms with E-state index in [0.717, 1.165) is 25.3 Å². The Bertz CT molecular complexity index is 987. The number of nitrogens with zero attached hydrogens (tertiary/aromatic N) is 1. The van der Waals surface area contributed by atoms with Gasteiger partial charge in [-0.2, -0.15) is 17.5 Å². The Labute approximate surface area is 166 Å². The van der Waals surface area contributed by atoms with Crippen LogP contribution >= 0.6 is 0 Å². The minimum atomic E-state index is -4.59. The first-order valence-corrected chi connectivity index (χ1v) is 10.5. The molecule has 0 spiro atoms. The predicted molar refractivity (Wildman–Crippen MR) is 102 cm³/mol. The number of nitrogens with one attached hydrogen (secondary N) is 2. The van der Waals surface area contributed by atoms with Crippen LogP contribution < -0.4 is 10.9 Å². The van der Waals surface area contributed by atoms with Crippen molar-refractivity contribution >= 4 is 21.6 Å². The van der Waals surface area contributed by atoms with Gasteiger partial charge in [-0.25, -0.2) is 8.42 Å². The smallest absolute Gasteiger partial charge is 0.298 e. The van der Waals surface area contributed by atoms with Gasteiger partial charge in [0, 0.05) is 18.7 Å². The maximum atomic E-state index is 13.0. The number of halogens is 3. The van der Waals surface area contributed by atoms with E-state index in [1.165, 1.54) is 46.8 Å². The molecule has 29 heavy (non-hydrogen) atoms. The van der Waals surface area contributed by atoms with Gasteiger partial charge in [0.25, 0.3) is 5.91 Å². The predicted octanol–water partition coefficient (Wildman–Crippen LogP) is 3.64. The van der Waals surface area contributed by atoms with E-state index in [4.69, 9.17) is 0 Å². The van der Waals surface area contributed by atoms with Gasteiger partial charge in [0.05, 0.1) is 16.1 Å². The van der Waals surface area contributed by atoms with Gasteiger partial charge in [-0.3, -0.25) is 15.6 Å². The molecule has 2 aromatic rings. The van der Waals surface area contributed by atoms with Crippen molar-refractivity contribution in [2.75, 3.05) is 18.5 Å². The first-order chi connectivity index (χ1) is 13.7. The van der Waals surface area contributed by atoms with Crippen molar-refractivity contribution in [3.63, 3.8) is 0 Å². The summed E-state index contributed by atoms with van der Waals surface area (Å²) in [5.41, 5.74) is 3.22. The number of para-hydroxylation sites is 1. The number of amides is 1. The molecule has 0 atom stereocenters. The number of piperidine rings is 1. The minimum Gasteiger partial charge on any atom is -0.298 e. The van der Waals surface area contributed by atoms with Crippen LogP contribution in [-0.4, -0.2) is 31.7 Å². The Balaban J connectivity index is 1.75. The second-order valence-corrected chi connectivity index (χ2v) is 8.55. The van der Waals surface area contributed by atoms with Crippen molar-refractivity contribution < 1.29 is 26.4 Å². The molecule has 0 saturated carbocycles. The number of sulfonamides is 1. The maximum Gasteiger partial charge on any atom is 0.418 e. The summed E-state index contributed by atoms with van der Waals surface area (Å²) in [6.45, 7) is 0.850. The third-order valence-corrected chi connectivity index (χ3v) is 6.49. The van der Waals surface area contributed by atoms with Crippen LogP contribution in [0.1, 0.15) is 35.2 Å². The Morgan fingerprint density at radius 3 is 2.34 bits per heavy atom.